The lowest BCUT2D eigenvalue weighted by atomic mass is 9.85. The number of fused-ring (bicyclic) bond motifs is 1. The Hall–Kier alpha value is -3.70. The molecule has 0 saturated carbocycles. The molecule has 0 bridgehead atoms. The van der Waals surface area contributed by atoms with Crippen molar-refractivity contribution < 1.29 is 9.59 Å². The highest BCUT2D eigenvalue weighted by Crippen LogP contribution is 2.25. The van der Waals surface area contributed by atoms with Gasteiger partial charge in [-0.25, -0.2) is 0 Å². The molecule has 23 heavy (non-hydrogen) atoms. The molecule has 1 aliphatic carbocycles. The van der Waals surface area contributed by atoms with Crippen molar-refractivity contribution >= 4 is 17.3 Å². The van der Waals surface area contributed by atoms with E-state index < -0.39 is 11.6 Å². The van der Waals surface area contributed by atoms with Crippen molar-refractivity contribution in [3.63, 3.8) is 0 Å². The Morgan fingerprint density at radius 2 is 1.09 bits per heavy atom. The number of hydrogen-bond acceptors (Lipinski definition) is 5. The minimum Gasteiger partial charge on any atom is -0.399 e. The number of hydrogen-bond donors (Lipinski definition) is 1. The summed E-state index contributed by atoms with van der Waals surface area (Å²) in [5, 5.41) is 17.5. The molecule has 110 valence electrons. The van der Waals surface area contributed by atoms with Crippen LogP contribution < -0.4 is 5.73 Å². The lowest BCUT2D eigenvalue weighted by Gasteiger charge is -2.12. The molecule has 5 heteroatoms. The van der Waals surface area contributed by atoms with Gasteiger partial charge in [0.25, 0.3) is 0 Å². The smallest absolute Gasteiger partial charge is 0.205 e. The van der Waals surface area contributed by atoms with E-state index in [1.165, 1.54) is 12.1 Å². The number of nitrogens with zero attached hydrogens (tertiary/aromatic N) is 2. The van der Waals surface area contributed by atoms with Crippen LogP contribution in [0, 0.1) is 22.7 Å². The van der Waals surface area contributed by atoms with Crippen LogP contribution in [0.25, 0.3) is 0 Å². The molecule has 0 aliphatic heterocycles. The van der Waals surface area contributed by atoms with Crippen molar-refractivity contribution in [3.8, 4) is 12.1 Å². The number of benzene rings is 2. The maximum Gasteiger partial charge on any atom is 0.205 e. The Balaban J connectivity index is 0.000000229. The van der Waals surface area contributed by atoms with Crippen molar-refractivity contribution in [1.29, 1.82) is 10.5 Å². The molecule has 0 atom stereocenters. The summed E-state index contributed by atoms with van der Waals surface area (Å²) < 4.78 is 0. The summed E-state index contributed by atoms with van der Waals surface area (Å²) >= 11 is 0. The summed E-state index contributed by atoms with van der Waals surface area (Å²) in [5.74, 6) is -1.12. The van der Waals surface area contributed by atoms with Gasteiger partial charge in [0.2, 0.25) is 11.6 Å². The number of para-hydroxylation sites is 1. The topological polar surface area (TPSA) is 108 Å². The number of nitrogens with two attached hydrogens (primary N) is 1. The molecule has 3 rings (SSSR count). The predicted octanol–water partition coefficient (Wildman–Crippen LogP) is 2.68. The summed E-state index contributed by atoms with van der Waals surface area (Å²) in [4.78, 5) is 23.6. The summed E-state index contributed by atoms with van der Waals surface area (Å²) in [7, 11) is 0. The first-order valence-electron chi connectivity index (χ1n) is 6.63. The maximum atomic E-state index is 11.8. The van der Waals surface area contributed by atoms with E-state index in [0.29, 0.717) is 0 Å². The average molecular weight is 301 g/mol. The van der Waals surface area contributed by atoms with E-state index in [1.54, 1.807) is 24.3 Å². The molecule has 0 heterocycles. The van der Waals surface area contributed by atoms with Gasteiger partial charge in [-0.3, -0.25) is 9.59 Å². The Labute approximate surface area is 132 Å². The first-order chi connectivity index (χ1) is 11.1. The van der Waals surface area contributed by atoms with Crippen molar-refractivity contribution in [2.24, 2.45) is 0 Å². The standard InChI is InChI=1S/C12H4N2O2.C6H7N/c13-5-9-10(6-14)12(16)8-4-2-1-3-7(8)11(9)15;7-6-4-2-1-3-5-6/h1-4H;1-5H,7H2. The van der Waals surface area contributed by atoms with Crippen molar-refractivity contribution in [1.82, 2.24) is 0 Å². The third kappa shape index (κ3) is 3.15. The average Bonchev–Trinajstić information content (AvgIpc) is 2.59. The second kappa shape index (κ2) is 6.84. The highest BCUT2D eigenvalue weighted by molar-refractivity contribution is 6.29. The fraction of sp³-hybridized carbons (Fsp3) is 0. The van der Waals surface area contributed by atoms with Gasteiger partial charge in [0.05, 0.1) is 0 Å². The molecule has 0 amide bonds. The van der Waals surface area contributed by atoms with Gasteiger partial charge in [-0.1, -0.05) is 42.5 Å². The summed E-state index contributed by atoms with van der Waals surface area (Å²) in [6.45, 7) is 0. The molecule has 2 aromatic rings. The van der Waals surface area contributed by atoms with Crippen LogP contribution in [0.1, 0.15) is 20.7 Å². The van der Waals surface area contributed by atoms with E-state index in [2.05, 4.69) is 0 Å². The van der Waals surface area contributed by atoms with Gasteiger partial charge in [-0.2, -0.15) is 10.5 Å². The van der Waals surface area contributed by atoms with Crippen molar-refractivity contribution in [2.45, 2.75) is 0 Å². The van der Waals surface area contributed by atoms with E-state index >= 15 is 0 Å². The van der Waals surface area contributed by atoms with Gasteiger partial charge in [-0.15, -0.1) is 0 Å². The lowest BCUT2D eigenvalue weighted by Crippen LogP contribution is -2.20. The van der Waals surface area contributed by atoms with Crippen molar-refractivity contribution in [2.75, 3.05) is 5.73 Å². The van der Waals surface area contributed by atoms with Gasteiger partial charge in [0.1, 0.15) is 23.3 Å². The van der Waals surface area contributed by atoms with Gasteiger partial charge in [0, 0.05) is 16.8 Å². The molecule has 1 aliphatic rings. The molecular weight excluding hydrogens is 290 g/mol. The molecule has 0 radical (unpaired) electrons. The lowest BCUT2D eigenvalue weighted by molar-refractivity contribution is 0.0982. The fourth-order valence-corrected chi connectivity index (χ4v) is 2.04. The molecule has 0 unspecified atom stereocenters. The summed E-state index contributed by atoms with van der Waals surface area (Å²) in [6, 6.07) is 18.9. The van der Waals surface area contributed by atoms with Gasteiger partial charge < -0.3 is 5.73 Å². The van der Waals surface area contributed by atoms with E-state index in [0.717, 1.165) is 5.69 Å². The highest BCUT2D eigenvalue weighted by Gasteiger charge is 2.31. The number of carbonyl (C=O) groups is 2. The first kappa shape index (κ1) is 15.7. The van der Waals surface area contributed by atoms with Gasteiger partial charge in [-0.05, 0) is 12.1 Å². The molecule has 0 saturated heterocycles. The van der Waals surface area contributed by atoms with Crippen molar-refractivity contribution in [3.05, 3.63) is 76.9 Å². The van der Waals surface area contributed by atoms with Crippen LogP contribution in [0.5, 0.6) is 0 Å². The van der Waals surface area contributed by atoms with E-state index in [-0.39, 0.29) is 22.3 Å². The minimum absolute atomic E-state index is 0.183. The molecule has 2 N–H and O–H groups in total. The van der Waals surface area contributed by atoms with Gasteiger partial charge in [0.15, 0.2) is 0 Å². The SMILES string of the molecule is N#CC1=C(C#N)C(=O)c2ccccc2C1=O.Nc1ccccc1. The maximum absolute atomic E-state index is 11.8. The fourth-order valence-electron chi connectivity index (χ4n) is 2.04. The zero-order valence-electron chi connectivity index (χ0n) is 12.0. The van der Waals surface area contributed by atoms with Crippen LogP contribution in [-0.4, -0.2) is 11.6 Å². The first-order valence-corrected chi connectivity index (χ1v) is 6.63. The number of nitrogen functional groups attached to an aromatic ring is 1. The van der Waals surface area contributed by atoms with E-state index in [4.69, 9.17) is 16.3 Å². The zero-order chi connectivity index (χ0) is 16.8. The van der Waals surface area contributed by atoms with E-state index in [1.807, 2.05) is 30.3 Å². The Morgan fingerprint density at radius 3 is 1.39 bits per heavy atom. The number of anilines is 1. The molecule has 2 aromatic carbocycles. The quantitative estimate of drug-likeness (QED) is 0.752. The molecule has 5 nitrogen and oxygen atoms in total. The second-order valence-electron chi connectivity index (χ2n) is 4.59. The molecule has 0 aromatic heterocycles. The number of ketones is 2. The number of carbonyl (C=O) groups excluding carboxylic acids is 2. The van der Waals surface area contributed by atoms with Crippen LogP contribution in [0.2, 0.25) is 0 Å². The molecular formula is C18H11N3O2. The second-order valence-corrected chi connectivity index (χ2v) is 4.59. The Kier molecular flexibility index (Phi) is 4.66. The van der Waals surface area contributed by atoms with Crippen LogP contribution >= 0.6 is 0 Å². The summed E-state index contributed by atoms with van der Waals surface area (Å²) in [5.41, 5.74) is 5.81. The van der Waals surface area contributed by atoms with Gasteiger partial charge >= 0.3 is 0 Å². The van der Waals surface area contributed by atoms with Crippen LogP contribution in [-0.2, 0) is 0 Å². The summed E-state index contributed by atoms with van der Waals surface area (Å²) in [6.07, 6.45) is 0. The number of nitriles is 2. The third-order valence-electron chi connectivity index (χ3n) is 3.14. The Bertz CT molecular complexity index is 829. The predicted molar refractivity (Wildman–Crippen MR) is 84.2 cm³/mol. The monoisotopic (exact) mass is 301 g/mol. The third-order valence-corrected chi connectivity index (χ3v) is 3.14. The van der Waals surface area contributed by atoms with Crippen LogP contribution in [0.15, 0.2) is 65.7 Å². The zero-order valence-corrected chi connectivity index (χ0v) is 12.0. The number of rotatable bonds is 0. The largest absolute Gasteiger partial charge is 0.399 e. The number of Topliss-reactive ketones (excluding diaryl/α,β-unsaturated/α-hetero) is 2. The molecule has 0 fully saturated rings. The van der Waals surface area contributed by atoms with E-state index in [9.17, 15) is 9.59 Å². The number of allylic oxidation sites excluding steroid dienone is 2. The van der Waals surface area contributed by atoms with Crippen LogP contribution in [0.4, 0.5) is 5.69 Å². The Morgan fingerprint density at radius 1 is 0.696 bits per heavy atom. The highest BCUT2D eigenvalue weighted by atomic mass is 16.1. The normalized spacial score (nSPS) is 12.4. The molecule has 0 spiro atoms. The van der Waals surface area contributed by atoms with Crippen LogP contribution in [0.3, 0.4) is 0 Å². The minimum atomic E-state index is -0.561.